The third-order valence-electron chi connectivity index (χ3n) is 3.77. The van der Waals surface area contributed by atoms with Crippen LogP contribution in [-0.2, 0) is 20.1 Å². The molecule has 1 aromatic carbocycles. The van der Waals surface area contributed by atoms with Gasteiger partial charge in [0.15, 0.2) is 0 Å². The molecule has 8 heteroatoms. The third kappa shape index (κ3) is 4.21. The van der Waals surface area contributed by atoms with Crippen LogP contribution < -0.4 is 10.6 Å². The molecule has 0 aliphatic carbocycles. The van der Waals surface area contributed by atoms with Crippen LogP contribution in [0.15, 0.2) is 48.9 Å². The molecule has 0 aliphatic heterocycles. The lowest BCUT2D eigenvalue weighted by molar-refractivity contribution is 0.240. The van der Waals surface area contributed by atoms with Gasteiger partial charge in [0, 0.05) is 37.1 Å². The van der Waals surface area contributed by atoms with Gasteiger partial charge in [-0.25, -0.2) is 13.6 Å². The Balaban J connectivity index is 1.51. The van der Waals surface area contributed by atoms with Gasteiger partial charge in [-0.1, -0.05) is 12.1 Å². The second kappa shape index (κ2) is 7.73. The molecule has 2 N–H and O–H groups in total. The number of aryl methyl sites for hydroxylation is 1. The zero-order valence-electron chi connectivity index (χ0n) is 14.0. The molecule has 6 nitrogen and oxygen atoms in total. The summed E-state index contributed by atoms with van der Waals surface area (Å²) in [4.78, 5) is 16.1. The zero-order valence-corrected chi connectivity index (χ0v) is 14.0. The van der Waals surface area contributed by atoms with Gasteiger partial charge in [0.05, 0.1) is 18.4 Å². The highest BCUT2D eigenvalue weighted by atomic mass is 19.1. The number of pyridine rings is 1. The van der Waals surface area contributed by atoms with E-state index in [1.54, 1.807) is 17.1 Å². The largest absolute Gasteiger partial charge is 0.334 e. The molecule has 2 aromatic heterocycles. The number of amides is 2. The molecule has 0 aliphatic rings. The van der Waals surface area contributed by atoms with Crippen molar-refractivity contribution in [2.24, 2.45) is 7.05 Å². The Bertz CT molecular complexity index is 888. The van der Waals surface area contributed by atoms with E-state index in [0.717, 1.165) is 29.0 Å². The molecule has 0 spiro atoms. The number of carbonyl (C=O) groups excluding carboxylic acids is 1. The molecule has 2 amide bonds. The summed E-state index contributed by atoms with van der Waals surface area (Å²) in [5, 5.41) is 9.14. The van der Waals surface area contributed by atoms with Crippen molar-refractivity contribution in [1.29, 1.82) is 0 Å². The van der Waals surface area contributed by atoms with Gasteiger partial charge >= 0.3 is 6.03 Å². The van der Waals surface area contributed by atoms with Crippen molar-refractivity contribution in [2.75, 3.05) is 0 Å². The minimum atomic E-state index is -0.694. The fourth-order valence-electron chi connectivity index (χ4n) is 2.37. The first kappa shape index (κ1) is 17.5. The summed E-state index contributed by atoms with van der Waals surface area (Å²) >= 11 is 0. The molecule has 0 unspecified atom stereocenters. The van der Waals surface area contributed by atoms with Crippen molar-refractivity contribution in [3.05, 3.63) is 71.7 Å². The summed E-state index contributed by atoms with van der Waals surface area (Å²) in [5.41, 5.74) is 2.30. The van der Waals surface area contributed by atoms with Gasteiger partial charge in [0.2, 0.25) is 0 Å². The van der Waals surface area contributed by atoms with E-state index in [4.69, 9.17) is 0 Å². The van der Waals surface area contributed by atoms with E-state index in [1.807, 2.05) is 25.4 Å². The van der Waals surface area contributed by atoms with E-state index in [-0.39, 0.29) is 18.7 Å². The Morgan fingerprint density at radius 3 is 2.42 bits per heavy atom. The second-order valence-corrected chi connectivity index (χ2v) is 5.69. The summed E-state index contributed by atoms with van der Waals surface area (Å²) in [6.45, 7) is 0.00837. The molecule has 0 radical (unpaired) electrons. The lowest BCUT2D eigenvalue weighted by Gasteiger charge is -2.09. The van der Waals surface area contributed by atoms with Gasteiger partial charge in [-0.3, -0.25) is 9.67 Å². The highest BCUT2D eigenvalue weighted by molar-refractivity contribution is 5.73. The third-order valence-corrected chi connectivity index (χ3v) is 3.77. The minimum Gasteiger partial charge on any atom is -0.334 e. The van der Waals surface area contributed by atoms with Crippen LogP contribution in [0.1, 0.15) is 11.1 Å². The number of nitrogens with one attached hydrogen (secondary N) is 2. The maximum Gasteiger partial charge on any atom is 0.315 e. The maximum absolute atomic E-state index is 13.5. The standard InChI is InChI=1S/C18H17F2N5O/c1-25-11-13(9-24-25)17-6-5-12(7-21-17)8-22-18(26)23-10-14-15(19)3-2-4-16(14)20/h2-7,9,11H,8,10H2,1H3,(H2,22,23,26). The van der Waals surface area contributed by atoms with Crippen LogP contribution in [0.4, 0.5) is 13.6 Å². The topological polar surface area (TPSA) is 71.8 Å². The van der Waals surface area contributed by atoms with Gasteiger partial charge in [0.1, 0.15) is 11.6 Å². The van der Waals surface area contributed by atoms with Crippen LogP contribution in [0, 0.1) is 11.6 Å². The van der Waals surface area contributed by atoms with Crippen LogP contribution in [0.3, 0.4) is 0 Å². The number of nitrogens with zero attached hydrogens (tertiary/aromatic N) is 3. The molecule has 3 aromatic rings. The number of benzene rings is 1. The van der Waals surface area contributed by atoms with Gasteiger partial charge < -0.3 is 10.6 Å². The van der Waals surface area contributed by atoms with E-state index in [2.05, 4.69) is 20.7 Å². The van der Waals surface area contributed by atoms with Crippen LogP contribution >= 0.6 is 0 Å². The number of hydrogen-bond acceptors (Lipinski definition) is 3. The second-order valence-electron chi connectivity index (χ2n) is 5.69. The first-order valence-corrected chi connectivity index (χ1v) is 7.91. The predicted octanol–water partition coefficient (Wildman–Crippen LogP) is 2.76. The van der Waals surface area contributed by atoms with Crippen LogP contribution in [0.2, 0.25) is 0 Å². The number of rotatable bonds is 5. The van der Waals surface area contributed by atoms with E-state index >= 15 is 0 Å². The zero-order chi connectivity index (χ0) is 18.5. The highest BCUT2D eigenvalue weighted by Crippen LogP contribution is 2.15. The van der Waals surface area contributed by atoms with Crippen molar-refractivity contribution in [1.82, 2.24) is 25.4 Å². The van der Waals surface area contributed by atoms with E-state index in [0.29, 0.717) is 0 Å². The molecule has 0 atom stereocenters. The monoisotopic (exact) mass is 357 g/mol. The lowest BCUT2D eigenvalue weighted by atomic mass is 10.2. The Kier molecular flexibility index (Phi) is 5.21. The van der Waals surface area contributed by atoms with E-state index in [1.165, 1.54) is 6.07 Å². The number of carbonyl (C=O) groups is 1. The average Bonchev–Trinajstić information content (AvgIpc) is 3.06. The Hall–Kier alpha value is -3.29. The van der Waals surface area contributed by atoms with Crippen molar-refractivity contribution in [3.63, 3.8) is 0 Å². The SMILES string of the molecule is Cn1cc(-c2ccc(CNC(=O)NCc3c(F)cccc3F)cn2)cn1. The Morgan fingerprint density at radius 2 is 1.81 bits per heavy atom. The number of urea groups is 1. The van der Waals surface area contributed by atoms with Gasteiger partial charge in [0.25, 0.3) is 0 Å². The summed E-state index contributed by atoms with van der Waals surface area (Å²) in [6.07, 6.45) is 5.23. The average molecular weight is 357 g/mol. The van der Waals surface area contributed by atoms with Crippen molar-refractivity contribution < 1.29 is 13.6 Å². The van der Waals surface area contributed by atoms with Crippen LogP contribution in [-0.4, -0.2) is 20.8 Å². The van der Waals surface area contributed by atoms with Gasteiger partial charge in [-0.05, 0) is 23.8 Å². The van der Waals surface area contributed by atoms with Crippen molar-refractivity contribution in [3.8, 4) is 11.3 Å². The van der Waals surface area contributed by atoms with E-state index in [9.17, 15) is 13.6 Å². The molecular formula is C18H17F2N5O. The maximum atomic E-state index is 13.5. The van der Waals surface area contributed by atoms with Crippen molar-refractivity contribution >= 4 is 6.03 Å². The summed E-state index contributed by atoms with van der Waals surface area (Å²) in [6, 6.07) is 6.72. The molecule has 0 saturated carbocycles. The molecule has 0 saturated heterocycles. The quantitative estimate of drug-likeness (QED) is 0.738. The predicted molar refractivity (Wildman–Crippen MR) is 91.9 cm³/mol. The molecule has 0 fully saturated rings. The smallest absolute Gasteiger partial charge is 0.315 e. The molecule has 3 rings (SSSR count). The molecule has 0 bridgehead atoms. The summed E-state index contributed by atoms with van der Waals surface area (Å²) < 4.78 is 28.7. The van der Waals surface area contributed by atoms with Crippen molar-refractivity contribution in [2.45, 2.75) is 13.1 Å². The molecule has 2 heterocycles. The summed E-state index contributed by atoms with van der Waals surface area (Å²) in [5.74, 6) is -1.39. The number of aromatic nitrogens is 3. The summed E-state index contributed by atoms with van der Waals surface area (Å²) in [7, 11) is 1.83. The van der Waals surface area contributed by atoms with Crippen LogP contribution in [0.25, 0.3) is 11.3 Å². The normalized spacial score (nSPS) is 10.6. The first-order chi connectivity index (χ1) is 12.5. The number of hydrogen-bond donors (Lipinski definition) is 2. The van der Waals surface area contributed by atoms with E-state index < -0.39 is 17.7 Å². The number of halogens is 2. The fraction of sp³-hybridized carbons (Fsp3) is 0.167. The Labute approximate surface area is 148 Å². The molecule has 26 heavy (non-hydrogen) atoms. The first-order valence-electron chi connectivity index (χ1n) is 7.91. The molecular weight excluding hydrogens is 340 g/mol. The lowest BCUT2D eigenvalue weighted by Crippen LogP contribution is -2.35. The highest BCUT2D eigenvalue weighted by Gasteiger charge is 2.10. The molecule has 134 valence electrons. The Morgan fingerprint density at radius 1 is 1.08 bits per heavy atom. The minimum absolute atomic E-state index is 0.176. The van der Waals surface area contributed by atoms with Crippen LogP contribution in [0.5, 0.6) is 0 Å². The fourth-order valence-corrected chi connectivity index (χ4v) is 2.37. The van der Waals surface area contributed by atoms with Gasteiger partial charge in [-0.15, -0.1) is 0 Å². The van der Waals surface area contributed by atoms with Gasteiger partial charge in [-0.2, -0.15) is 5.10 Å².